The highest BCUT2D eigenvalue weighted by Crippen LogP contribution is 2.13. The summed E-state index contributed by atoms with van der Waals surface area (Å²) in [5.74, 6) is -0.211. The number of halogens is 1. The van der Waals surface area contributed by atoms with Crippen LogP contribution in [0.15, 0.2) is 24.3 Å². The maximum absolute atomic E-state index is 13.0. The molecule has 0 spiro atoms. The first-order valence-electron chi connectivity index (χ1n) is 5.77. The summed E-state index contributed by atoms with van der Waals surface area (Å²) in [6.45, 7) is 2.81. The third-order valence-electron chi connectivity index (χ3n) is 2.47. The Hall–Kier alpha value is -1.09. The Morgan fingerprint density at radius 1 is 1.44 bits per heavy atom. The molecule has 0 saturated carbocycles. The topological polar surface area (TPSA) is 21.3 Å². The lowest BCUT2D eigenvalue weighted by atomic mass is 10.1. The van der Waals surface area contributed by atoms with Gasteiger partial charge in [0.15, 0.2) is 0 Å². The molecule has 1 rings (SSSR count). The standard InChI is InChI=1S/C13H20FNO/c1-3-4-7-13(10-16-2)15-12-8-5-6-11(14)9-12/h5-6,8-9,13,15H,3-4,7,10H2,1-2H3. The number of benzene rings is 1. The number of unbranched alkanes of at least 4 members (excludes halogenated alkanes) is 1. The zero-order chi connectivity index (χ0) is 11.8. The number of methoxy groups -OCH3 is 1. The van der Waals surface area contributed by atoms with Crippen molar-refractivity contribution in [3.05, 3.63) is 30.1 Å². The van der Waals surface area contributed by atoms with Crippen molar-refractivity contribution in [2.24, 2.45) is 0 Å². The van der Waals surface area contributed by atoms with E-state index in [4.69, 9.17) is 4.74 Å². The molecule has 2 nitrogen and oxygen atoms in total. The lowest BCUT2D eigenvalue weighted by Gasteiger charge is -2.18. The maximum Gasteiger partial charge on any atom is 0.125 e. The van der Waals surface area contributed by atoms with Gasteiger partial charge in [-0.3, -0.25) is 0 Å². The van der Waals surface area contributed by atoms with E-state index in [9.17, 15) is 4.39 Å². The predicted molar refractivity (Wildman–Crippen MR) is 65.2 cm³/mol. The van der Waals surface area contributed by atoms with Crippen LogP contribution in [0, 0.1) is 5.82 Å². The zero-order valence-corrected chi connectivity index (χ0v) is 10.0. The molecule has 16 heavy (non-hydrogen) atoms. The second kappa shape index (κ2) is 7.23. The van der Waals surface area contributed by atoms with Gasteiger partial charge in [0, 0.05) is 18.8 Å². The molecule has 0 saturated heterocycles. The predicted octanol–water partition coefficient (Wildman–Crippen LogP) is 3.44. The number of hydrogen-bond donors (Lipinski definition) is 1. The van der Waals surface area contributed by atoms with Crippen molar-refractivity contribution < 1.29 is 9.13 Å². The SMILES string of the molecule is CCCCC(COC)Nc1cccc(F)c1. The van der Waals surface area contributed by atoms with E-state index < -0.39 is 0 Å². The first kappa shape index (κ1) is 13.0. The fraction of sp³-hybridized carbons (Fsp3) is 0.538. The highest BCUT2D eigenvalue weighted by molar-refractivity contribution is 5.43. The first-order chi connectivity index (χ1) is 7.76. The Kier molecular flexibility index (Phi) is 5.86. The number of ether oxygens (including phenoxy) is 1. The molecule has 0 aliphatic carbocycles. The molecule has 0 bridgehead atoms. The van der Waals surface area contributed by atoms with E-state index in [0.29, 0.717) is 6.61 Å². The van der Waals surface area contributed by atoms with E-state index in [1.165, 1.54) is 12.1 Å². The number of hydrogen-bond acceptors (Lipinski definition) is 2. The monoisotopic (exact) mass is 225 g/mol. The van der Waals surface area contributed by atoms with Crippen molar-refractivity contribution in [3.8, 4) is 0 Å². The van der Waals surface area contributed by atoms with Gasteiger partial charge in [0.1, 0.15) is 5.82 Å². The molecule has 0 heterocycles. The largest absolute Gasteiger partial charge is 0.383 e. The molecule has 90 valence electrons. The summed E-state index contributed by atoms with van der Waals surface area (Å²) < 4.78 is 18.1. The minimum absolute atomic E-state index is 0.211. The number of anilines is 1. The summed E-state index contributed by atoms with van der Waals surface area (Å²) in [6, 6.07) is 6.79. The Morgan fingerprint density at radius 2 is 2.25 bits per heavy atom. The molecular weight excluding hydrogens is 205 g/mol. The van der Waals surface area contributed by atoms with Crippen LogP contribution in [-0.4, -0.2) is 19.8 Å². The summed E-state index contributed by atoms with van der Waals surface area (Å²) in [4.78, 5) is 0. The van der Waals surface area contributed by atoms with Crippen molar-refractivity contribution in [3.63, 3.8) is 0 Å². The molecule has 1 unspecified atom stereocenters. The van der Waals surface area contributed by atoms with Crippen LogP contribution in [0.3, 0.4) is 0 Å². The van der Waals surface area contributed by atoms with E-state index in [0.717, 1.165) is 24.9 Å². The van der Waals surface area contributed by atoms with Crippen LogP contribution in [0.1, 0.15) is 26.2 Å². The minimum atomic E-state index is -0.211. The summed E-state index contributed by atoms with van der Waals surface area (Å²) in [5.41, 5.74) is 0.818. The van der Waals surface area contributed by atoms with E-state index in [-0.39, 0.29) is 11.9 Å². The fourth-order valence-corrected chi connectivity index (χ4v) is 1.66. The minimum Gasteiger partial charge on any atom is -0.383 e. The Labute approximate surface area is 96.8 Å². The van der Waals surface area contributed by atoms with Crippen molar-refractivity contribution >= 4 is 5.69 Å². The van der Waals surface area contributed by atoms with Gasteiger partial charge in [-0.05, 0) is 24.6 Å². The molecule has 0 fully saturated rings. The normalized spacial score (nSPS) is 12.4. The first-order valence-corrected chi connectivity index (χ1v) is 5.77. The van der Waals surface area contributed by atoms with Crippen LogP contribution < -0.4 is 5.32 Å². The van der Waals surface area contributed by atoms with Gasteiger partial charge in [-0.2, -0.15) is 0 Å². The Bertz CT molecular complexity index is 304. The summed E-state index contributed by atoms with van der Waals surface area (Å²) >= 11 is 0. The quantitative estimate of drug-likeness (QED) is 0.767. The van der Waals surface area contributed by atoms with Crippen molar-refractivity contribution in [1.82, 2.24) is 0 Å². The smallest absolute Gasteiger partial charge is 0.125 e. The molecule has 1 aromatic carbocycles. The third kappa shape index (κ3) is 4.62. The molecule has 0 aliphatic rings. The van der Waals surface area contributed by atoms with Crippen molar-refractivity contribution in [1.29, 1.82) is 0 Å². The maximum atomic E-state index is 13.0. The van der Waals surface area contributed by atoms with Gasteiger partial charge in [0.05, 0.1) is 6.61 Å². The molecule has 0 amide bonds. The van der Waals surface area contributed by atoms with Gasteiger partial charge in [-0.25, -0.2) is 4.39 Å². The van der Waals surface area contributed by atoms with Gasteiger partial charge < -0.3 is 10.1 Å². The van der Waals surface area contributed by atoms with Gasteiger partial charge in [0.2, 0.25) is 0 Å². The van der Waals surface area contributed by atoms with Gasteiger partial charge in [0.25, 0.3) is 0 Å². The van der Waals surface area contributed by atoms with E-state index in [1.54, 1.807) is 13.2 Å². The van der Waals surface area contributed by atoms with Crippen molar-refractivity contribution in [2.75, 3.05) is 19.0 Å². The Morgan fingerprint density at radius 3 is 2.88 bits per heavy atom. The van der Waals surface area contributed by atoms with Crippen LogP contribution in [-0.2, 0) is 4.74 Å². The van der Waals surface area contributed by atoms with Crippen molar-refractivity contribution in [2.45, 2.75) is 32.2 Å². The molecule has 1 aromatic rings. The molecule has 1 atom stereocenters. The van der Waals surface area contributed by atoms with Crippen LogP contribution >= 0.6 is 0 Å². The van der Waals surface area contributed by atoms with E-state index >= 15 is 0 Å². The molecular formula is C13H20FNO. The summed E-state index contributed by atoms with van der Waals surface area (Å²) in [5, 5.41) is 3.29. The van der Waals surface area contributed by atoms with Crippen LogP contribution in [0.5, 0.6) is 0 Å². The number of rotatable bonds is 7. The molecule has 0 radical (unpaired) electrons. The number of nitrogens with one attached hydrogen (secondary N) is 1. The average molecular weight is 225 g/mol. The molecule has 1 N–H and O–H groups in total. The molecule has 0 aromatic heterocycles. The average Bonchev–Trinajstić information content (AvgIpc) is 2.26. The lowest BCUT2D eigenvalue weighted by Crippen LogP contribution is -2.24. The highest BCUT2D eigenvalue weighted by atomic mass is 19.1. The Balaban J connectivity index is 2.52. The molecule has 0 aliphatic heterocycles. The summed E-state index contributed by atoms with van der Waals surface area (Å²) in [7, 11) is 1.69. The lowest BCUT2D eigenvalue weighted by molar-refractivity contribution is 0.182. The summed E-state index contributed by atoms with van der Waals surface area (Å²) in [6.07, 6.45) is 3.35. The fourth-order valence-electron chi connectivity index (χ4n) is 1.66. The second-order valence-corrected chi connectivity index (χ2v) is 3.95. The van der Waals surface area contributed by atoms with E-state index in [2.05, 4.69) is 12.2 Å². The third-order valence-corrected chi connectivity index (χ3v) is 2.47. The van der Waals surface area contributed by atoms with Crippen LogP contribution in [0.4, 0.5) is 10.1 Å². The zero-order valence-electron chi connectivity index (χ0n) is 10.0. The van der Waals surface area contributed by atoms with Gasteiger partial charge in [-0.1, -0.05) is 25.8 Å². The van der Waals surface area contributed by atoms with E-state index in [1.807, 2.05) is 6.07 Å². The van der Waals surface area contributed by atoms with Crippen LogP contribution in [0.25, 0.3) is 0 Å². The molecule has 3 heteroatoms. The van der Waals surface area contributed by atoms with Gasteiger partial charge >= 0.3 is 0 Å². The second-order valence-electron chi connectivity index (χ2n) is 3.95. The van der Waals surface area contributed by atoms with Gasteiger partial charge in [-0.15, -0.1) is 0 Å². The highest BCUT2D eigenvalue weighted by Gasteiger charge is 2.07. The van der Waals surface area contributed by atoms with Crippen LogP contribution in [0.2, 0.25) is 0 Å².